The van der Waals surface area contributed by atoms with E-state index in [1.807, 2.05) is 0 Å². The molecule has 0 aliphatic rings. The molecule has 0 aliphatic carbocycles. The van der Waals surface area contributed by atoms with E-state index in [-0.39, 0.29) is 49.9 Å². The van der Waals surface area contributed by atoms with Crippen LogP contribution in [0.1, 0.15) is 41.5 Å². The van der Waals surface area contributed by atoms with E-state index in [0.717, 1.165) is 0 Å². The molecule has 0 heterocycles. The maximum Gasteiger partial charge on any atom is 0.477 e. The molecule has 0 saturated heterocycles. The summed E-state index contributed by atoms with van der Waals surface area (Å²) in [5.41, 5.74) is 0. The van der Waals surface area contributed by atoms with Gasteiger partial charge in [0.2, 0.25) is 0 Å². The van der Waals surface area contributed by atoms with Gasteiger partial charge in [-0.2, -0.15) is 21.0 Å². The van der Waals surface area contributed by atoms with Crippen molar-refractivity contribution in [3.05, 3.63) is 0 Å². The number of carboxylic acid groups (broad SMARTS) is 2. The summed E-state index contributed by atoms with van der Waals surface area (Å²) in [6.45, 7) is 8.11. The van der Waals surface area contributed by atoms with Crippen LogP contribution >= 0.6 is 0 Å². The fourth-order valence-electron chi connectivity index (χ4n) is 0. The molecular formula is C12H28N4O6Rh2+4. The Labute approximate surface area is 168 Å². The minimum Gasteiger partial charge on any atom is -0.457 e. The molecule has 0 spiro atoms. The zero-order valence-corrected chi connectivity index (χ0v) is 17.7. The molecule has 0 atom stereocenters. The number of aliphatic hydroxyl groups excluding tert-OH is 2. The van der Waals surface area contributed by atoms with E-state index in [1.54, 1.807) is 24.3 Å². The van der Waals surface area contributed by atoms with Gasteiger partial charge in [-0.05, 0) is 0 Å². The third-order valence-electron chi connectivity index (χ3n) is 0. The van der Waals surface area contributed by atoms with E-state index in [1.165, 1.54) is 41.5 Å². The third kappa shape index (κ3) is 1950. The van der Waals surface area contributed by atoms with E-state index in [0.29, 0.717) is 0 Å². The standard InChI is InChI=1S/4C2H3N.2C2H4O2.2H2O.2Rh/c4*1-2-3;2*1-2(3)4;;;;/h4*1H3;2*1H3,(H,3,4);2*1H2;;/p+4. The van der Waals surface area contributed by atoms with Crippen molar-refractivity contribution >= 4 is 11.9 Å². The molecule has 0 aliphatic heterocycles. The van der Waals surface area contributed by atoms with Crippen LogP contribution < -0.4 is 0 Å². The Balaban J connectivity index is -0.0000000119. The van der Waals surface area contributed by atoms with Crippen molar-refractivity contribution in [1.82, 2.24) is 0 Å². The van der Waals surface area contributed by atoms with Gasteiger partial charge in [-0.15, -0.1) is 0 Å². The van der Waals surface area contributed by atoms with Crippen molar-refractivity contribution in [1.29, 1.82) is 21.0 Å². The van der Waals surface area contributed by atoms with Crippen LogP contribution in [0.25, 0.3) is 0 Å². The second-order valence-electron chi connectivity index (χ2n) is 1.99. The summed E-state index contributed by atoms with van der Waals surface area (Å²) in [7, 11) is 0. The van der Waals surface area contributed by atoms with Crippen LogP contribution in [0.2, 0.25) is 0 Å². The predicted molar refractivity (Wildman–Crippen MR) is 85.4 cm³/mol. The number of aliphatic carboxylic acids is 2. The molecule has 0 aromatic rings. The van der Waals surface area contributed by atoms with Gasteiger partial charge in [-0.3, -0.25) is 0 Å². The predicted octanol–water partition coefficient (Wildman–Crippen LogP) is 0.404. The second-order valence-corrected chi connectivity index (χ2v) is 1.99. The molecule has 24 heavy (non-hydrogen) atoms. The summed E-state index contributed by atoms with van der Waals surface area (Å²) in [6.07, 6.45) is 0. The van der Waals surface area contributed by atoms with Crippen molar-refractivity contribution in [2.24, 2.45) is 0 Å². The van der Waals surface area contributed by atoms with Gasteiger partial charge in [0.1, 0.15) is 0 Å². The fourth-order valence-corrected chi connectivity index (χ4v) is 0. The number of nitrogens with zero attached hydrogens (tertiary/aromatic N) is 4. The van der Waals surface area contributed by atoms with Gasteiger partial charge in [-0.25, -0.2) is 0 Å². The minimum absolute atomic E-state index is 0. The first-order valence-corrected chi connectivity index (χ1v) is 4.79. The van der Waals surface area contributed by atoms with Crippen LogP contribution in [0.4, 0.5) is 0 Å². The Morgan fingerprint density at radius 2 is 0.625 bits per heavy atom. The quantitative estimate of drug-likeness (QED) is 0.331. The minimum atomic E-state index is -0.583. The van der Waals surface area contributed by atoms with Crippen molar-refractivity contribution in [3.8, 4) is 24.3 Å². The second kappa shape index (κ2) is 130. The van der Waals surface area contributed by atoms with E-state index in [2.05, 4.69) is 0 Å². The molecule has 0 aromatic carbocycles. The first kappa shape index (κ1) is 67.3. The average molecular weight is 530 g/mol. The Morgan fingerprint density at radius 3 is 0.625 bits per heavy atom. The molecule has 0 unspecified atom stereocenters. The van der Waals surface area contributed by atoms with Crippen molar-refractivity contribution < 1.29 is 69.7 Å². The number of carboxylic acids is 2. The summed E-state index contributed by atoms with van der Waals surface area (Å²) < 4.78 is 0. The monoisotopic (exact) mass is 530 g/mol. The summed E-state index contributed by atoms with van der Waals surface area (Å²) in [4.78, 5) is 15.1. The van der Waals surface area contributed by atoms with Crippen molar-refractivity contribution in [3.63, 3.8) is 0 Å². The Bertz CT molecular complexity index is 300. The zero-order valence-electron chi connectivity index (χ0n) is 14.4. The molecule has 0 rings (SSSR count). The Kier molecular flexibility index (Phi) is 365. The van der Waals surface area contributed by atoms with E-state index < -0.39 is 11.9 Å². The number of hydrogen-bond donors (Lipinski definition) is 2. The SMILES string of the molecule is CC#N.CC#N.CC#N.CC#N.CC(O)=[OH+].CC(O)=[OH+].[OH3+].[OH3+].[Rh].[Rh]. The van der Waals surface area contributed by atoms with Gasteiger partial charge in [0.15, 0.2) is 0 Å². The van der Waals surface area contributed by atoms with Gasteiger partial charge in [0, 0.05) is 66.7 Å². The largest absolute Gasteiger partial charge is 0.477 e. The van der Waals surface area contributed by atoms with Crippen LogP contribution in [-0.4, -0.2) is 31.7 Å². The summed E-state index contributed by atoms with van der Waals surface area (Å²) >= 11 is 0. The van der Waals surface area contributed by atoms with Gasteiger partial charge in [0.05, 0.1) is 38.1 Å². The molecule has 0 amide bonds. The molecule has 0 bridgehead atoms. The molecule has 0 aromatic heterocycles. The van der Waals surface area contributed by atoms with Crippen LogP contribution in [0, 0.1) is 45.3 Å². The summed E-state index contributed by atoms with van der Waals surface area (Å²) in [6, 6.07) is 7.00. The Morgan fingerprint density at radius 1 is 0.625 bits per heavy atom. The topological polar surface area (TPSA) is 244 Å². The molecule has 10 nitrogen and oxygen atoms in total. The zero-order chi connectivity index (χ0) is 18.0. The number of rotatable bonds is 0. The molecule has 0 saturated carbocycles. The maximum atomic E-state index is 7.53. The van der Waals surface area contributed by atoms with Gasteiger partial charge in [-0.1, -0.05) is 0 Å². The summed E-state index contributed by atoms with van der Waals surface area (Å²) in [5, 5.41) is 44.3. The fraction of sp³-hybridized carbons (Fsp3) is 0.500. The molecule has 12 heteroatoms. The third-order valence-corrected chi connectivity index (χ3v) is 0. The molecular weight excluding hydrogens is 502 g/mol. The van der Waals surface area contributed by atoms with Crippen LogP contribution in [0.15, 0.2) is 0 Å². The molecule has 146 valence electrons. The van der Waals surface area contributed by atoms with Crippen molar-refractivity contribution in [2.45, 2.75) is 41.5 Å². The van der Waals surface area contributed by atoms with E-state index in [9.17, 15) is 0 Å². The van der Waals surface area contributed by atoms with Gasteiger partial charge < -0.3 is 30.8 Å². The van der Waals surface area contributed by atoms with Gasteiger partial charge >= 0.3 is 11.9 Å². The molecule has 0 fully saturated rings. The smallest absolute Gasteiger partial charge is 0.457 e. The summed E-state index contributed by atoms with van der Waals surface area (Å²) in [5.74, 6) is -1.17. The van der Waals surface area contributed by atoms with Crippen LogP contribution in [0.5, 0.6) is 0 Å². The Hall–Kier alpha value is -1.93. The number of hydrogen-bond acceptors (Lipinski definition) is 4. The number of nitriles is 4. The van der Waals surface area contributed by atoms with Crippen LogP contribution in [-0.2, 0) is 49.9 Å². The van der Waals surface area contributed by atoms with E-state index >= 15 is 0 Å². The van der Waals surface area contributed by atoms with Crippen molar-refractivity contribution in [2.75, 3.05) is 0 Å². The maximum absolute atomic E-state index is 7.53. The molecule has 10 N–H and O–H groups in total. The van der Waals surface area contributed by atoms with Crippen LogP contribution in [0.3, 0.4) is 0 Å². The normalized spacial score (nSPS) is 3.42. The van der Waals surface area contributed by atoms with Gasteiger partial charge in [0.25, 0.3) is 0 Å². The average Bonchev–Trinajstić information content (AvgIpc) is 2.18. The molecule has 2 radical (unpaired) electrons. The first-order valence-electron chi connectivity index (χ1n) is 4.79. The van der Waals surface area contributed by atoms with E-state index in [4.69, 9.17) is 40.8 Å². The first-order chi connectivity index (χ1) is 9.12.